The Morgan fingerprint density at radius 3 is 2.41 bits per heavy atom. The van der Waals surface area contributed by atoms with Crippen LogP contribution in [0.4, 0.5) is 18.9 Å². The first-order valence-electron chi connectivity index (χ1n) is 10.1. The van der Waals surface area contributed by atoms with Crippen molar-refractivity contribution in [3.8, 4) is 5.75 Å². The van der Waals surface area contributed by atoms with E-state index in [1.54, 1.807) is 13.0 Å². The topological polar surface area (TPSA) is 88.6 Å². The van der Waals surface area contributed by atoms with Crippen molar-refractivity contribution in [3.63, 3.8) is 0 Å². The first-order valence-corrected chi connectivity index (χ1v) is 11.6. The number of benzene rings is 1. The molecule has 1 aliphatic rings. The first-order chi connectivity index (χ1) is 15.1. The highest BCUT2D eigenvalue weighted by atomic mass is 32.2. The van der Waals surface area contributed by atoms with E-state index in [4.69, 9.17) is 4.74 Å². The van der Waals surface area contributed by atoms with Crippen LogP contribution in [0.25, 0.3) is 0 Å². The summed E-state index contributed by atoms with van der Waals surface area (Å²) in [5, 5.41) is 2.46. The van der Waals surface area contributed by atoms with Crippen molar-refractivity contribution in [1.29, 1.82) is 0 Å². The maximum Gasteiger partial charge on any atom is 0.422 e. The number of rotatable bonds is 6. The molecule has 2 aromatic rings. The molecule has 174 valence electrons. The van der Waals surface area contributed by atoms with E-state index in [0.717, 1.165) is 37.8 Å². The Kier molecular flexibility index (Phi) is 7.40. The second kappa shape index (κ2) is 9.86. The number of aryl methyl sites for hydroxylation is 1. The molecule has 1 aliphatic heterocycles. The van der Waals surface area contributed by atoms with Crippen LogP contribution in [-0.4, -0.2) is 49.5 Å². The highest BCUT2D eigenvalue weighted by molar-refractivity contribution is 7.89. The molecule has 0 unspecified atom stereocenters. The fourth-order valence-corrected chi connectivity index (χ4v) is 4.82. The fraction of sp³-hybridized carbons (Fsp3) is 0.429. The third kappa shape index (κ3) is 6.19. The van der Waals surface area contributed by atoms with E-state index >= 15 is 0 Å². The molecule has 3 rings (SSSR count). The number of carbonyl (C=O) groups is 1. The Balaban J connectivity index is 1.93. The van der Waals surface area contributed by atoms with E-state index in [1.165, 1.54) is 22.6 Å². The van der Waals surface area contributed by atoms with Gasteiger partial charge in [-0.3, -0.25) is 9.78 Å². The SMILES string of the molecule is Cc1ccc(C(=O)Nc2cc(S(=O)(=O)N3CCCCCC3)ccc2OCC(F)(F)F)cn1. The van der Waals surface area contributed by atoms with Gasteiger partial charge in [-0.05, 0) is 50.1 Å². The smallest absolute Gasteiger partial charge is 0.422 e. The molecule has 0 aliphatic carbocycles. The zero-order valence-corrected chi connectivity index (χ0v) is 18.3. The van der Waals surface area contributed by atoms with Gasteiger partial charge >= 0.3 is 6.18 Å². The largest absolute Gasteiger partial charge is 0.482 e. The van der Waals surface area contributed by atoms with E-state index in [-0.39, 0.29) is 21.9 Å². The van der Waals surface area contributed by atoms with Crippen LogP contribution in [-0.2, 0) is 10.0 Å². The summed E-state index contributed by atoms with van der Waals surface area (Å²) in [5.74, 6) is -0.941. The third-order valence-electron chi connectivity index (χ3n) is 4.97. The number of sulfonamides is 1. The predicted octanol–water partition coefficient (Wildman–Crippen LogP) is 4.15. The standard InChI is InChI=1S/C21H24F3N3O4S/c1-15-6-7-16(13-25-15)20(28)26-18-12-17(8-9-19(18)31-14-21(22,23)24)32(29,30)27-10-4-2-3-5-11-27/h6-9,12-13H,2-5,10-11,14H2,1H3,(H,26,28). The number of nitrogens with zero attached hydrogens (tertiary/aromatic N) is 2. The number of amides is 1. The van der Waals surface area contributed by atoms with Gasteiger partial charge in [0.1, 0.15) is 5.75 Å². The average molecular weight is 472 g/mol. The molecule has 1 aromatic heterocycles. The normalized spacial score (nSPS) is 15.8. The maximum absolute atomic E-state index is 13.1. The number of anilines is 1. The van der Waals surface area contributed by atoms with Crippen LogP contribution in [0.3, 0.4) is 0 Å². The van der Waals surface area contributed by atoms with Crippen LogP contribution in [0.1, 0.15) is 41.7 Å². The summed E-state index contributed by atoms with van der Waals surface area (Å²) >= 11 is 0. The minimum Gasteiger partial charge on any atom is -0.482 e. The van der Waals surface area contributed by atoms with Gasteiger partial charge in [-0.2, -0.15) is 17.5 Å². The molecule has 0 atom stereocenters. The van der Waals surface area contributed by atoms with E-state index in [1.807, 2.05) is 0 Å². The van der Waals surface area contributed by atoms with Crippen molar-refractivity contribution in [2.24, 2.45) is 0 Å². The Bertz CT molecular complexity index is 1050. The predicted molar refractivity (Wildman–Crippen MR) is 112 cm³/mol. The van der Waals surface area contributed by atoms with Crippen molar-refractivity contribution in [2.45, 2.75) is 43.7 Å². The monoisotopic (exact) mass is 471 g/mol. The Morgan fingerprint density at radius 1 is 1.12 bits per heavy atom. The van der Waals surface area contributed by atoms with Gasteiger partial charge in [0.25, 0.3) is 5.91 Å². The number of pyridine rings is 1. The number of hydrogen-bond acceptors (Lipinski definition) is 5. The van der Waals surface area contributed by atoms with Crippen LogP contribution in [0, 0.1) is 6.92 Å². The van der Waals surface area contributed by atoms with Crippen LogP contribution < -0.4 is 10.1 Å². The molecular weight excluding hydrogens is 447 g/mol. The minimum atomic E-state index is -4.60. The van der Waals surface area contributed by atoms with Crippen LogP contribution in [0.15, 0.2) is 41.4 Å². The van der Waals surface area contributed by atoms with E-state index in [0.29, 0.717) is 18.8 Å². The molecular formula is C21H24F3N3O4S. The lowest BCUT2D eigenvalue weighted by Gasteiger charge is -2.21. The summed E-state index contributed by atoms with van der Waals surface area (Å²) in [6.45, 7) is 0.888. The molecule has 1 aromatic carbocycles. The quantitative estimate of drug-likeness (QED) is 0.684. The minimum absolute atomic E-state index is 0.129. The second-order valence-corrected chi connectivity index (χ2v) is 9.46. The summed E-state index contributed by atoms with van der Waals surface area (Å²) in [5.41, 5.74) is 0.676. The molecule has 0 bridgehead atoms. The van der Waals surface area contributed by atoms with Crippen molar-refractivity contribution in [3.05, 3.63) is 47.8 Å². The van der Waals surface area contributed by atoms with Crippen LogP contribution >= 0.6 is 0 Å². The van der Waals surface area contributed by atoms with E-state index in [9.17, 15) is 26.4 Å². The molecule has 1 saturated heterocycles. The lowest BCUT2D eigenvalue weighted by molar-refractivity contribution is -0.153. The Labute approximate surface area is 184 Å². The van der Waals surface area contributed by atoms with Crippen molar-refractivity contribution < 1.29 is 31.1 Å². The Morgan fingerprint density at radius 2 is 1.81 bits per heavy atom. The van der Waals surface area contributed by atoms with Gasteiger partial charge in [0.05, 0.1) is 16.1 Å². The molecule has 0 spiro atoms. The fourth-order valence-electron chi connectivity index (χ4n) is 3.28. The third-order valence-corrected chi connectivity index (χ3v) is 6.86. The molecule has 0 saturated carbocycles. The molecule has 32 heavy (non-hydrogen) atoms. The highest BCUT2D eigenvalue weighted by Gasteiger charge is 2.30. The number of ether oxygens (including phenoxy) is 1. The van der Waals surface area contributed by atoms with Crippen LogP contribution in [0.2, 0.25) is 0 Å². The zero-order valence-electron chi connectivity index (χ0n) is 17.5. The highest BCUT2D eigenvalue weighted by Crippen LogP contribution is 2.31. The molecule has 7 nitrogen and oxygen atoms in total. The van der Waals surface area contributed by atoms with Gasteiger partial charge in [-0.25, -0.2) is 8.42 Å². The molecule has 2 heterocycles. The Hall–Kier alpha value is -2.66. The van der Waals surface area contributed by atoms with E-state index in [2.05, 4.69) is 10.3 Å². The number of aromatic nitrogens is 1. The van der Waals surface area contributed by atoms with E-state index < -0.39 is 28.7 Å². The lowest BCUT2D eigenvalue weighted by Crippen LogP contribution is -2.32. The molecule has 0 radical (unpaired) electrons. The van der Waals surface area contributed by atoms with Gasteiger partial charge in [0.15, 0.2) is 6.61 Å². The summed E-state index contributed by atoms with van der Waals surface area (Å²) < 4.78 is 70.4. The number of halogens is 3. The van der Waals surface area contributed by atoms with Crippen molar-refractivity contribution >= 4 is 21.6 Å². The summed E-state index contributed by atoms with van der Waals surface area (Å²) in [7, 11) is -3.88. The van der Waals surface area contributed by atoms with Crippen molar-refractivity contribution in [1.82, 2.24) is 9.29 Å². The molecule has 11 heteroatoms. The number of alkyl halides is 3. The first kappa shape index (κ1) is 24.0. The maximum atomic E-state index is 13.1. The van der Waals surface area contributed by atoms with Gasteiger partial charge in [0, 0.05) is 25.0 Å². The summed E-state index contributed by atoms with van der Waals surface area (Å²) in [6, 6.07) is 6.56. The number of nitrogens with one attached hydrogen (secondary N) is 1. The van der Waals surface area contributed by atoms with Crippen molar-refractivity contribution in [2.75, 3.05) is 25.0 Å². The zero-order chi connectivity index (χ0) is 23.4. The molecule has 1 N–H and O–H groups in total. The average Bonchev–Trinajstić information content (AvgIpc) is 3.03. The van der Waals surface area contributed by atoms with Crippen LogP contribution in [0.5, 0.6) is 5.75 Å². The molecule has 1 fully saturated rings. The van der Waals surface area contributed by atoms with Gasteiger partial charge < -0.3 is 10.1 Å². The summed E-state index contributed by atoms with van der Waals surface area (Å²) in [6.07, 6.45) is 0.0496. The number of carbonyl (C=O) groups excluding carboxylic acids is 1. The van der Waals surface area contributed by atoms with Gasteiger partial charge in [-0.1, -0.05) is 12.8 Å². The van der Waals surface area contributed by atoms with Gasteiger partial charge in [-0.15, -0.1) is 0 Å². The molecule has 1 amide bonds. The summed E-state index contributed by atoms with van der Waals surface area (Å²) in [4.78, 5) is 16.5. The second-order valence-electron chi connectivity index (χ2n) is 7.52. The van der Waals surface area contributed by atoms with Gasteiger partial charge in [0.2, 0.25) is 10.0 Å². The lowest BCUT2D eigenvalue weighted by atomic mass is 10.2. The number of hydrogen-bond donors (Lipinski definition) is 1.